The number of imide groups is 1. The lowest BCUT2D eigenvalue weighted by atomic mass is 10.0. The molecule has 1 aromatic heterocycles. The molecule has 0 saturated heterocycles. The molecule has 8 heteroatoms. The van der Waals surface area contributed by atoms with Gasteiger partial charge < -0.3 is 13.9 Å². The van der Waals surface area contributed by atoms with E-state index in [-0.39, 0.29) is 35.2 Å². The number of hydrogen-bond acceptors (Lipinski definition) is 7. The number of carbonyl (C=O) groups excluding carboxylic acids is 4. The summed E-state index contributed by atoms with van der Waals surface area (Å²) in [6.07, 6.45) is 0. The average molecular weight is 385 g/mol. The Morgan fingerprint density at radius 2 is 1.64 bits per heavy atom. The van der Waals surface area contributed by atoms with Crippen molar-refractivity contribution in [3.63, 3.8) is 0 Å². The van der Waals surface area contributed by atoms with E-state index >= 15 is 0 Å². The van der Waals surface area contributed by atoms with Gasteiger partial charge in [0.15, 0.2) is 0 Å². The van der Waals surface area contributed by atoms with Crippen LogP contribution in [0.15, 0.2) is 40.8 Å². The fourth-order valence-electron chi connectivity index (χ4n) is 3.03. The molecule has 2 amide bonds. The van der Waals surface area contributed by atoms with Crippen LogP contribution < -0.4 is 0 Å². The van der Waals surface area contributed by atoms with Crippen LogP contribution in [0.2, 0.25) is 0 Å². The zero-order chi connectivity index (χ0) is 20.4. The van der Waals surface area contributed by atoms with Crippen LogP contribution in [-0.4, -0.2) is 41.8 Å². The van der Waals surface area contributed by atoms with E-state index in [1.54, 1.807) is 38.1 Å². The van der Waals surface area contributed by atoms with Gasteiger partial charge in [-0.1, -0.05) is 26.0 Å². The quantitative estimate of drug-likeness (QED) is 0.556. The van der Waals surface area contributed by atoms with E-state index in [4.69, 9.17) is 9.15 Å². The van der Waals surface area contributed by atoms with Gasteiger partial charge in [-0.2, -0.15) is 0 Å². The summed E-state index contributed by atoms with van der Waals surface area (Å²) >= 11 is 0. The number of benzene rings is 1. The first-order chi connectivity index (χ1) is 13.3. The van der Waals surface area contributed by atoms with Gasteiger partial charge in [-0.3, -0.25) is 14.5 Å². The zero-order valence-corrected chi connectivity index (χ0v) is 15.6. The molecule has 0 bridgehead atoms. The van der Waals surface area contributed by atoms with Gasteiger partial charge in [0, 0.05) is 0 Å². The molecule has 28 heavy (non-hydrogen) atoms. The SMILES string of the molecule is COC(=O)c1ccc(COC(=O)[C@@H](C(C)C)N2C(=O)c3ccccc3C2=O)o1. The molecule has 2 heterocycles. The first-order valence-corrected chi connectivity index (χ1v) is 8.65. The van der Waals surface area contributed by atoms with Crippen molar-refractivity contribution in [2.24, 2.45) is 5.92 Å². The van der Waals surface area contributed by atoms with Crippen molar-refractivity contribution in [3.05, 3.63) is 59.0 Å². The number of amides is 2. The van der Waals surface area contributed by atoms with E-state index in [1.807, 2.05) is 0 Å². The normalized spacial score (nSPS) is 14.2. The van der Waals surface area contributed by atoms with Crippen molar-refractivity contribution in [3.8, 4) is 0 Å². The monoisotopic (exact) mass is 385 g/mol. The lowest BCUT2D eigenvalue weighted by molar-refractivity contribution is -0.151. The Morgan fingerprint density at radius 1 is 1.04 bits per heavy atom. The second-order valence-corrected chi connectivity index (χ2v) is 6.58. The number of methoxy groups -OCH3 is 1. The van der Waals surface area contributed by atoms with E-state index < -0.39 is 29.8 Å². The molecule has 0 N–H and O–H groups in total. The highest BCUT2D eigenvalue weighted by atomic mass is 16.6. The van der Waals surface area contributed by atoms with Crippen molar-refractivity contribution < 1.29 is 33.1 Å². The van der Waals surface area contributed by atoms with E-state index in [2.05, 4.69) is 4.74 Å². The highest BCUT2D eigenvalue weighted by Crippen LogP contribution is 2.28. The molecule has 0 radical (unpaired) electrons. The third-order valence-corrected chi connectivity index (χ3v) is 4.38. The van der Waals surface area contributed by atoms with Crippen LogP contribution in [0.1, 0.15) is 50.9 Å². The molecule has 8 nitrogen and oxygen atoms in total. The maximum absolute atomic E-state index is 12.7. The van der Waals surface area contributed by atoms with Crippen LogP contribution in [0.25, 0.3) is 0 Å². The molecule has 0 spiro atoms. The summed E-state index contributed by atoms with van der Waals surface area (Å²) in [4.78, 5) is 50.4. The standard InChI is InChI=1S/C20H19NO7/c1-11(2)16(21-17(22)13-6-4-5-7-14(13)18(21)23)20(25)27-10-12-8-9-15(28-12)19(24)26-3/h4-9,11,16H,10H2,1-3H3/t16-/m1/s1. The van der Waals surface area contributed by atoms with Gasteiger partial charge in [-0.15, -0.1) is 0 Å². The molecule has 1 aromatic carbocycles. The van der Waals surface area contributed by atoms with Crippen LogP contribution in [0, 0.1) is 5.92 Å². The van der Waals surface area contributed by atoms with Crippen LogP contribution in [0.3, 0.4) is 0 Å². The first-order valence-electron chi connectivity index (χ1n) is 8.65. The predicted molar refractivity (Wildman–Crippen MR) is 95.4 cm³/mol. The minimum atomic E-state index is -1.08. The van der Waals surface area contributed by atoms with Gasteiger partial charge in [-0.25, -0.2) is 9.59 Å². The second kappa shape index (κ2) is 7.67. The van der Waals surface area contributed by atoms with Gasteiger partial charge in [0.1, 0.15) is 18.4 Å². The molecule has 146 valence electrons. The Bertz CT molecular complexity index is 909. The summed E-state index contributed by atoms with van der Waals surface area (Å²) in [5, 5.41) is 0. The molecular formula is C20H19NO7. The van der Waals surface area contributed by atoms with E-state index in [0.717, 1.165) is 4.90 Å². The maximum atomic E-state index is 12.7. The van der Waals surface area contributed by atoms with Crippen LogP contribution in [-0.2, 0) is 20.9 Å². The van der Waals surface area contributed by atoms with Crippen molar-refractivity contribution >= 4 is 23.8 Å². The number of furan rings is 1. The van der Waals surface area contributed by atoms with Crippen molar-refractivity contribution in [1.29, 1.82) is 0 Å². The average Bonchev–Trinajstić information content (AvgIpc) is 3.25. The number of rotatable bonds is 6. The molecule has 0 unspecified atom stereocenters. The summed E-state index contributed by atoms with van der Waals surface area (Å²) in [7, 11) is 1.22. The fourth-order valence-corrected chi connectivity index (χ4v) is 3.03. The maximum Gasteiger partial charge on any atom is 0.373 e. The minimum Gasteiger partial charge on any atom is -0.463 e. The molecular weight excluding hydrogens is 366 g/mol. The summed E-state index contributed by atoms with van der Waals surface area (Å²) in [5.74, 6) is -2.58. The highest BCUT2D eigenvalue weighted by Gasteiger charge is 2.44. The number of esters is 2. The third-order valence-electron chi connectivity index (χ3n) is 4.38. The molecule has 0 fully saturated rings. The minimum absolute atomic E-state index is 0.0192. The number of carbonyl (C=O) groups is 4. The van der Waals surface area contributed by atoms with Crippen LogP contribution in [0.5, 0.6) is 0 Å². The Hall–Kier alpha value is -3.42. The van der Waals surface area contributed by atoms with Gasteiger partial charge in [0.25, 0.3) is 11.8 Å². The van der Waals surface area contributed by atoms with Crippen LogP contribution >= 0.6 is 0 Å². The summed E-state index contributed by atoms with van der Waals surface area (Å²) in [6, 6.07) is 8.22. The number of ether oxygens (including phenoxy) is 2. The molecule has 3 rings (SSSR count). The van der Waals surface area contributed by atoms with Gasteiger partial charge >= 0.3 is 11.9 Å². The molecule has 1 atom stereocenters. The highest BCUT2D eigenvalue weighted by molar-refractivity contribution is 6.22. The lowest BCUT2D eigenvalue weighted by Gasteiger charge is -2.27. The Morgan fingerprint density at radius 3 is 2.18 bits per heavy atom. The van der Waals surface area contributed by atoms with Gasteiger partial charge in [0.05, 0.1) is 18.2 Å². The van der Waals surface area contributed by atoms with E-state index in [0.29, 0.717) is 0 Å². The smallest absolute Gasteiger partial charge is 0.373 e. The molecule has 0 saturated carbocycles. The van der Waals surface area contributed by atoms with Gasteiger partial charge in [0.2, 0.25) is 5.76 Å². The van der Waals surface area contributed by atoms with Gasteiger partial charge in [-0.05, 0) is 30.2 Å². The van der Waals surface area contributed by atoms with Crippen molar-refractivity contribution in [2.45, 2.75) is 26.5 Å². The van der Waals surface area contributed by atoms with Crippen molar-refractivity contribution in [1.82, 2.24) is 4.90 Å². The summed E-state index contributed by atoms with van der Waals surface area (Å²) in [6.45, 7) is 3.19. The third kappa shape index (κ3) is 3.40. The van der Waals surface area contributed by atoms with Crippen LogP contribution in [0.4, 0.5) is 0 Å². The van der Waals surface area contributed by atoms with Crippen molar-refractivity contribution in [2.75, 3.05) is 7.11 Å². The topological polar surface area (TPSA) is 103 Å². The molecule has 1 aliphatic rings. The second-order valence-electron chi connectivity index (χ2n) is 6.58. The zero-order valence-electron chi connectivity index (χ0n) is 15.6. The Labute approximate surface area is 161 Å². The van der Waals surface area contributed by atoms with E-state index in [9.17, 15) is 19.2 Å². The summed E-state index contributed by atoms with van der Waals surface area (Å²) < 4.78 is 15.0. The Kier molecular flexibility index (Phi) is 5.30. The van der Waals surface area contributed by atoms with E-state index in [1.165, 1.54) is 19.2 Å². The number of fused-ring (bicyclic) bond motifs is 1. The largest absolute Gasteiger partial charge is 0.463 e. The Balaban J connectivity index is 1.75. The first kappa shape index (κ1) is 19.3. The molecule has 0 aliphatic carbocycles. The number of hydrogen-bond donors (Lipinski definition) is 0. The summed E-state index contributed by atoms with van der Waals surface area (Å²) in [5.41, 5.74) is 0.527. The predicted octanol–water partition coefficient (Wildman–Crippen LogP) is 2.43. The number of nitrogens with zero attached hydrogens (tertiary/aromatic N) is 1. The molecule has 1 aliphatic heterocycles. The molecule has 2 aromatic rings. The lowest BCUT2D eigenvalue weighted by Crippen LogP contribution is -2.48. The fraction of sp³-hybridized carbons (Fsp3) is 0.300.